The van der Waals surface area contributed by atoms with Crippen LogP contribution in [0.25, 0.3) is 10.9 Å². The molecule has 17 heavy (non-hydrogen) atoms. The smallest absolute Gasteiger partial charge is 0.227 e. The molecule has 0 spiro atoms. The Kier molecular flexibility index (Phi) is 2.15. The predicted octanol–water partition coefficient (Wildman–Crippen LogP) is 2.44. The van der Waals surface area contributed by atoms with Gasteiger partial charge in [-0.3, -0.25) is 9.59 Å². The van der Waals surface area contributed by atoms with Gasteiger partial charge in [-0.1, -0.05) is 12.1 Å². The summed E-state index contributed by atoms with van der Waals surface area (Å²) >= 11 is 0. The van der Waals surface area contributed by atoms with Crippen molar-refractivity contribution in [2.24, 2.45) is 7.05 Å². The number of nitrogens with zero attached hydrogens (tertiary/aromatic N) is 1. The molecule has 3 nitrogen and oxygen atoms in total. The second-order valence-corrected chi connectivity index (χ2v) is 4.65. The van der Waals surface area contributed by atoms with E-state index in [-0.39, 0.29) is 0 Å². The van der Waals surface area contributed by atoms with Crippen LogP contribution >= 0.6 is 0 Å². The number of Topliss-reactive ketones (excluding diaryl/α,β-unsaturated/α-hetero) is 1. The van der Waals surface area contributed by atoms with Gasteiger partial charge in [0.05, 0.1) is 5.56 Å². The Hall–Kier alpha value is -1.90. The lowest BCUT2D eigenvalue weighted by Gasteiger charge is -2.03. The highest BCUT2D eigenvalue weighted by molar-refractivity contribution is 6.36. The maximum absolute atomic E-state index is 11.7. The van der Waals surface area contributed by atoms with Crippen molar-refractivity contribution in [3.05, 3.63) is 35.5 Å². The Morgan fingerprint density at radius 2 is 2.18 bits per heavy atom. The van der Waals surface area contributed by atoms with Gasteiger partial charge in [0.25, 0.3) is 0 Å². The third-order valence-corrected chi connectivity index (χ3v) is 3.44. The van der Waals surface area contributed by atoms with E-state index >= 15 is 0 Å². The minimum atomic E-state index is -0.427. The summed E-state index contributed by atoms with van der Waals surface area (Å²) in [6, 6.07) is 6.08. The summed E-state index contributed by atoms with van der Waals surface area (Å²) in [6.07, 6.45) is 4.52. The number of benzene rings is 1. The monoisotopic (exact) mass is 227 g/mol. The Bertz CT molecular complexity index is 620. The van der Waals surface area contributed by atoms with E-state index in [1.807, 2.05) is 23.7 Å². The van der Waals surface area contributed by atoms with Gasteiger partial charge in [0.15, 0.2) is 6.29 Å². The van der Waals surface area contributed by atoms with Crippen molar-refractivity contribution < 1.29 is 9.59 Å². The zero-order valence-electron chi connectivity index (χ0n) is 9.64. The maximum atomic E-state index is 11.7. The van der Waals surface area contributed by atoms with Crippen LogP contribution in [0.1, 0.15) is 34.7 Å². The van der Waals surface area contributed by atoms with Crippen molar-refractivity contribution in [2.75, 3.05) is 0 Å². The van der Waals surface area contributed by atoms with Crippen LogP contribution in [0.15, 0.2) is 24.4 Å². The van der Waals surface area contributed by atoms with Gasteiger partial charge in [0.2, 0.25) is 5.78 Å². The molecule has 0 aliphatic heterocycles. The van der Waals surface area contributed by atoms with Gasteiger partial charge in [-0.15, -0.1) is 0 Å². The predicted molar refractivity (Wildman–Crippen MR) is 65.3 cm³/mol. The van der Waals surface area contributed by atoms with Gasteiger partial charge in [0, 0.05) is 24.1 Å². The highest BCUT2D eigenvalue weighted by Crippen LogP contribution is 2.44. The number of aromatic nitrogens is 1. The summed E-state index contributed by atoms with van der Waals surface area (Å²) in [4.78, 5) is 22.4. The normalized spacial score (nSPS) is 15.1. The molecule has 0 saturated heterocycles. The van der Waals surface area contributed by atoms with E-state index in [0.29, 0.717) is 17.8 Å². The van der Waals surface area contributed by atoms with Crippen LogP contribution in [-0.4, -0.2) is 16.6 Å². The summed E-state index contributed by atoms with van der Waals surface area (Å²) < 4.78 is 1.91. The van der Waals surface area contributed by atoms with Gasteiger partial charge < -0.3 is 4.57 Å². The molecule has 1 heterocycles. The van der Waals surface area contributed by atoms with Crippen LogP contribution in [0.4, 0.5) is 0 Å². The van der Waals surface area contributed by atoms with Crippen molar-refractivity contribution in [2.45, 2.75) is 18.8 Å². The lowest BCUT2D eigenvalue weighted by atomic mass is 10.0. The van der Waals surface area contributed by atoms with Crippen LogP contribution in [0.3, 0.4) is 0 Å². The molecule has 0 N–H and O–H groups in total. The van der Waals surface area contributed by atoms with Gasteiger partial charge in [-0.05, 0) is 30.4 Å². The molecule has 2 aromatic rings. The molecule has 1 aromatic carbocycles. The summed E-state index contributed by atoms with van der Waals surface area (Å²) in [5, 5.41) is 0.967. The molecule has 1 aliphatic rings. The molecule has 0 bridgehead atoms. The van der Waals surface area contributed by atoms with Crippen molar-refractivity contribution in [1.29, 1.82) is 0 Å². The number of hydrogen-bond donors (Lipinski definition) is 0. The number of fused-ring (bicyclic) bond motifs is 1. The molecule has 0 atom stereocenters. The average molecular weight is 227 g/mol. The van der Waals surface area contributed by atoms with Crippen molar-refractivity contribution in [3.8, 4) is 0 Å². The Morgan fingerprint density at radius 3 is 2.82 bits per heavy atom. The van der Waals surface area contributed by atoms with Crippen LogP contribution in [-0.2, 0) is 11.8 Å². The van der Waals surface area contributed by atoms with Gasteiger partial charge >= 0.3 is 0 Å². The first-order valence-electron chi connectivity index (χ1n) is 5.80. The molecular weight excluding hydrogens is 214 g/mol. The first-order chi connectivity index (χ1) is 8.22. The summed E-state index contributed by atoms with van der Waals surface area (Å²) in [5.74, 6) is 0.142. The lowest BCUT2D eigenvalue weighted by molar-refractivity contribution is -0.104. The number of hydrogen-bond acceptors (Lipinski definition) is 2. The van der Waals surface area contributed by atoms with E-state index in [9.17, 15) is 9.59 Å². The van der Waals surface area contributed by atoms with Crippen molar-refractivity contribution in [1.82, 2.24) is 4.57 Å². The quantitative estimate of drug-likeness (QED) is 0.459. The fourth-order valence-electron chi connectivity index (χ4n) is 2.46. The van der Waals surface area contributed by atoms with E-state index in [0.717, 1.165) is 10.9 Å². The highest BCUT2D eigenvalue weighted by Gasteiger charge is 2.27. The molecule has 0 amide bonds. The van der Waals surface area contributed by atoms with Gasteiger partial charge in [-0.2, -0.15) is 0 Å². The number of carbonyl (C=O) groups is 2. The largest absolute Gasteiger partial charge is 0.350 e. The van der Waals surface area contributed by atoms with Crippen LogP contribution in [0.2, 0.25) is 0 Å². The summed E-state index contributed by atoms with van der Waals surface area (Å²) in [6.45, 7) is 0. The fraction of sp³-hybridized carbons (Fsp3) is 0.286. The van der Waals surface area contributed by atoms with E-state index in [4.69, 9.17) is 0 Å². The maximum Gasteiger partial charge on any atom is 0.227 e. The summed E-state index contributed by atoms with van der Waals surface area (Å²) in [5.41, 5.74) is 2.79. The van der Waals surface area contributed by atoms with Gasteiger partial charge in [-0.25, -0.2) is 0 Å². The Morgan fingerprint density at radius 1 is 1.41 bits per heavy atom. The highest BCUT2D eigenvalue weighted by atomic mass is 16.2. The first kappa shape index (κ1) is 10.3. The Labute approximate surface area is 99.0 Å². The molecule has 1 fully saturated rings. The topological polar surface area (TPSA) is 39.1 Å². The molecule has 0 unspecified atom stereocenters. The van der Waals surface area contributed by atoms with E-state index in [1.54, 1.807) is 6.20 Å². The number of aldehydes is 1. The summed E-state index contributed by atoms with van der Waals surface area (Å²) in [7, 11) is 1.90. The van der Waals surface area contributed by atoms with E-state index in [1.165, 1.54) is 18.4 Å². The number of rotatable bonds is 3. The molecule has 1 aromatic heterocycles. The molecule has 86 valence electrons. The Balaban J connectivity index is 2.35. The molecule has 3 heteroatoms. The lowest BCUT2D eigenvalue weighted by Crippen LogP contribution is -1.99. The van der Waals surface area contributed by atoms with Crippen LogP contribution in [0, 0.1) is 0 Å². The zero-order valence-corrected chi connectivity index (χ0v) is 9.64. The SMILES string of the molecule is Cn1cc(C(=O)C=O)c2c(C3CC3)cccc21. The van der Waals surface area contributed by atoms with E-state index in [2.05, 4.69) is 6.07 Å². The number of aryl methyl sites for hydroxylation is 1. The standard InChI is InChI=1S/C14H13NO2/c1-15-7-11(13(17)8-16)14-10(9-5-6-9)3-2-4-12(14)15/h2-4,7-9H,5-6H2,1H3. The van der Waals surface area contributed by atoms with Gasteiger partial charge in [0.1, 0.15) is 0 Å². The third kappa shape index (κ3) is 1.50. The average Bonchev–Trinajstić information content (AvgIpc) is 3.13. The number of ketones is 1. The third-order valence-electron chi connectivity index (χ3n) is 3.44. The minimum absolute atomic E-state index is 0.401. The van der Waals surface area contributed by atoms with Crippen LogP contribution in [0.5, 0.6) is 0 Å². The molecule has 1 aliphatic carbocycles. The fourth-order valence-corrected chi connectivity index (χ4v) is 2.46. The second-order valence-electron chi connectivity index (χ2n) is 4.65. The minimum Gasteiger partial charge on any atom is -0.350 e. The second kappa shape index (κ2) is 3.55. The zero-order chi connectivity index (χ0) is 12.0. The molecule has 0 radical (unpaired) electrons. The van der Waals surface area contributed by atoms with E-state index < -0.39 is 5.78 Å². The van der Waals surface area contributed by atoms with Crippen LogP contribution < -0.4 is 0 Å². The molecular formula is C14H13NO2. The van der Waals surface area contributed by atoms with Crippen molar-refractivity contribution in [3.63, 3.8) is 0 Å². The molecule has 1 saturated carbocycles. The van der Waals surface area contributed by atoms with Crippen molar-refractivity contribution >= 4 is 23.0 Å². The number of carbonyl (C=O) groups excluding carboxylic acids is 2. The first-order valence-corrected chi connectivity index (χ1v) is 5.80. The molecule has 3 rings (SSSR count).